The predicted octanol–water partition coefficient (Wildman–Crippen LogP) is 1.57. The number of nitrogens with zero attached hydrogens (tertiary/aromatic N) is 1. The van der Waals surface area contributed by atoms with Crippen molar-refractivity contribution in [1.82, 2.24) is 10.3 Å². The lowest BCUT2D eigenvalue weighted by Crippen LogP contribution is -2.32. The second-order valence-corrected chi connectivity index (χ2v) is 3.90. The predicted molar refractivity (Wildman–Crippen MR) is 46.8 cm³/mol. The van der Waals surface area contributed by atoms with E-state index in [0.717, 1.165) is 24.1 Å². The Morgan fingerprint density at radius 1 is 1.46 bits per heavy atom. The number of hydrogen-bond acceptors (Lipinski definition) is 2. The molecule has 0 aliphatic carbocycles. The van der Waals surface area contributed by atoms with E-state index in [1.807, 2.05) is 0 Å². The summed E-state index contributed by atoms with van der Waals surface area (Å²) in [4.78, 5) is 4.16. The normalized spacial score (nSPS) is 30.2. The van der Waals surface area contributed by atoms with E-state index in [4.69, 9.17) is 0 Å². The van der Waals surface area contributed by atoms with Gasteiger partial charge in [-0.1, -0.05) is 0 Å². The minimum absolute atomic E-state index is 0.208. The van der Waals surface area contributed by atoms with Crippen molar-refractivity contribution in [2.45, 2.75) is 31.3 Å². The Hall–Kier alpha value is -0.960. The van der Waals surface area contributed by atoms with E-state index in [-0.39, 0.29) is 5.82 Å². The lowest BCUT2D eigenvalue weighted by molar-refractivity contribution is 0.497. The fourth-order valence-corrected chi connectivity index (χ4v) is 2.43. The average molecular weight is 178 g/mol. The van der Waals surface area contributed by atoms with E-state index in [9.17, 15) is 4.39 Å². The van der Waals surface area contributed by atoms with Gasteiger partial charge in [-0.15, -0.1) is 0 Å². The van der Waals surface area contributed by atoms with Gasteiger partial charge >= 0.3 is 0 Å². The summed E-state index contributed by atoms with van der Waals surface area (Å²) in [7, 11) is 0. The first kappa shape index (κ1) is 7.44. The van der Waals surface area contributed by atoms with Gasteiger partial charge in [0, 0.05) is 6.04 Å². The van der Waals surface area contributed by atoms with E-state index in [1.165, 1.54) is 12.6 Å². The molecular formula is C10H11FN2. The summed E-state index contributed by atoms with van der Waals surface area (Å²) in [5, 5.41) is 3.48. The third-order valence-electron chi connectivity index (χ3n) is 3.01. The quantitative estimate of drug-likeness (QED) is 0.652. The highest BCUT2D eigenvalue weighted by atomic mass is 19.1. The van der Waals surface area contributed by atoms with Crippen molar-refractivity contribution < 1.29 is 4.39 Å². The summed E-state index contributed by atoms with van der Waals surface area (Å²) in [5.41, 5.74) is 2.17. The molecule has 0 spiro atoms. The van der Waals surface area contributed by atoms with Gasteiger partial charge in [0.15, 0.2) is 0 Å². The first-order valence-electron chi connectivity index (χ1n) is 4.73. The summed E-state index contributed by atoms with van der Waals surface area (Å²) in [5.74, 6) is -0.208. The van der Waals surface area contributed by atoms with E-state index in [1.54, 1.807) is 6.07 Å². The molecule has 0 aromatic carbocycles. The van der Waals surface area contributed by atoms with Gasteiger partial charge < -0.3 is 5.32 Å². The highest BCUT2D eigenvalue weighted by molar-refractivity contribution is 5.29. The van der Waals surface area contributed by atoms with Crippen LogP contribution >= 0.6 is 0 Å². The zero-order chi connectivity index (χ0) is 8.84. The molecule has 2 unspecified atom stereocenters. The molecule has 1 aromatic heterocycles. The average Bonchev–Trinajstić information content (AvgIpc) is 2.48. The Morgan fingerprint density at radius 2 is 2.38 bits per heavy atom. The van der Waals surface area contributed by atoms with Crippen LogP contribution in [0, 0.1) is 5.82 Å². The van der Waals surface area contributed by atoms with Crippen molar-refractivity contribution in [2.75, 3.05) is 0 Å². The molecule has 2 aliphatic heterocycles. The highest BCUT2D eigenvalue weighted by Crippen LogP contribution is 2.34. The van der Waals surface area contributed by atoms with Gasteiger partial charge in [-0.2, -0.15) is 0 Å². The van der Waals surface area contributed by atoms with Gasteiger partial charge in [0.25, 0.3) is 0 Å². The zero-order valence-corrected chi connectivity index (χ0v) is 7.26. The lowest BCUT2D eigenvalue weighted by Gasteiger charge is -2.23. The topological polar surface area (TPSA) is 24.9 Å². The minimum Gasteiger partial charge on any atom is -0.305 e. The molecule has 68 valence electrons. The number of fused-ring (bicyclic) bond motifs is 4. The summed E-state index contributed by atoms with van der Waals surface area (Å²) in [6.45, 7) is 0. The van der Waals surface area contributed by atoms with Crippen LogP contribution in [0.15, 0.2) is 12.3 Å². The molecule has 1 N–H and O–H groups in total. The summed E-state index contributed by atoms with van der Waals surface area (Å²) in [6, 6.07) is 2.57. The Kier molecular flexibility index (Phi) is 1.44. The van der Waals surface area contributed by atoms with Crippen LogP contribution in [0.3, 0.4) is 0 Å². The third-order valence-corrected chi connectivity index (χ3v) is 3.01. The Balaban J connectivity index is 2.12. The smallest absolute Gasteiger partial charge is 0.141 e. The SMILES string of the molecule is Fc1cnc2c(c1)CC1CCC2N1. The van der Waals surface area contributed by atoms with Crippen LogP contribution in [0.4, 0.5) is 4.39 Å². The van der Waals surface area contributed by atoms with Crippen LogP contribution in [0.25, 0.3) is 0 Å². The minimum atomic E-state index is -0.208. The van der Waals surface area contributed by atoms with Crippen LogP contribution in [-0.4, -0.2) is 11.0 Å². The van der Waals surface area contributed by atoms with Gasteiger partial charge in [0.05, 0.1) is 17.9 Å². The number of pyridine rings is 1. The monoisotopic (exact) mass is 178 g/mol. The molecule has 1 saturated heterocycles. The second kappa shape index (κ2) is 2.51. The lowest BCUT2D eigenvalue weighted by atomic mass is 10.0. The molecular weight excluding hydrogens is 167 g/mol. The molecule has 3 rings (SSSR count). The fourth-order valence-electron chi connectivity index (χ4n) is 2.43. The molecule has 2 atom stereocenters. The zero-order valence-electron chi connectivity index (χ0n) is 7.26. The Bertz CT molecular complexity index is 351. The summed E-state index contributed by atoms with van der Waals surface area (Å²) < 4.78 is 12.9. The summed E-state index contributed by atoms with van der Waals surface area (Å²) >= 11 is 0. The van der Waals surface area contributed by atoms with Crippen LogP contribution in [0.5, 0.6) is 0 Å². The van der Waals surface area contributed by atoms with E-state index in [2.05, 4.69) is 10.3 Å². The van der Waals surface area contributed by atoms with E-state index < -0.39 is 0 Å². The van der Waals surface area contributed by atoms with Crippen molar-refractivity contribution in [3.8, 4) is 0 Å². The fraction of sp³-hybridized carbons (Fsp3) is 0.500. The molecule has 13 heavy (non-hydrogen) atoms. The maximum atomic E-state index is 12.9. The van der Waals surface area contributed by atoms with E-state index >= 15 is 0 Å². The third kappa shape index (κ3) is 1.07. The number of nitrogens with one attached hydrogen (secondary N) is 1. The van der Waals surface area contributed by atoms with Crippen LogP contribution in [0.1, 0.15) is 30.1 Å². The maximum absolute atomic E-state index is 12.9. The molecule has 0 amide bonds. The number of hydrogen-bond donors (Lipinski definition) is 1. The Morgan fingerprint density at radius 3 is 3.31 bits per heavy atom. The summed E-state index contributed by atoms with van der Waals surface area (Å²) in [6.07, 6.45) is 4.61. The molecule has 2 aliphatic rings. The maximum Gasteiger partial charge on any atom is 0.141 e. The largest absolute Gasteiger partial charge is 0.305 e. The van der Waals surface area contributed by atoms with Crippen molar-refractivity contribution >= 4 is 0 Å². The standard InChI is InChI=1S/C10H11FN2/c11-7-3-6-4-8-1-2-9(13-8)10(6)12-5-7/h3,5,8-9,13H,1-2,4H2. The molecule has 2 nitrogen and oxygen atoms in total. The number of halogens is 1. The Labute approximate surface area is 76.2 Å². The van der Waals surface area contributed by atoms with Crippen molar-refractivity contribution in [2.24, 2.45) is 0 Å². The van der Waals surface area contributed by atoms with Crippen LogP contribution in [-0.2, 0) is 6.42 Å². The molecule has 1 fully saturated rings. The number of rotatable bonds is 0. The van der Waals surface area contributed by atoms with Gasteiger partial charge in [0.1, 0.15) is 5.82 Å². The molecule has 2 bridgehead atoms. The first-order chi connectivity index (χ1) is 6.33. The van der Waals surface area contributed by atoms with Crippen LogP contribution in [0.2, 0.25) is 0 Å². The number of aromatic nitrogens is 1. The van der Waals surface area contributed by atoms with Crippen LogP contribution < -0.4 is 5.32 Å². The molecule has 3 heterocycles. The van der Waals surface area contributed by atoms with Gasteiger partial charge in [-0.3, -0.25) is 4.98 Å². The molecule has 3 heteroatoms. The van der Waals surface area contributed by atoms with Crippen molar-refractivity contribution in [1.29, 1.82) is 0 Å². The highest BCUT2D eigenvalue weighted by Gasteiger charge is 2.32. The van der Waals surface area contributed by atoms with Crippen molar-refractivity contribution in [3.63, 3.8) is 0 Å². The van der Waals surface area contributed by atoms with E-state index in [0.29, 0.717) is 12.1 Å². The molecule has 0 radical (unpaired) electrons. The van der Waals surface area contributed by atoms with Gasteiger partial charge in [0.2, 0.25) is 0 Å². The molecule has 0 saturated carbocycles. The first-order valence-corrected chi connectivity index (χ1v) is 4.73. The second-order valence-electron chi connectivity index (χ2n) is 3.90. The van der Waals surface area contributed by atoms with Gasteiger partial charge in [-0.05, 0) is 30.9 Å². The van der Waals surface area contributed by atoms with Gasteiger partial charge in [-0.25, -0.2) is 4.39 Å². The molecule has 1 aromatic rings. The van der Waals surface area contributed by atoms with Crippen molar-refractivity contribution in [3.05, 3.63) is 29.3 Å².